The largest absolute Gasteiger partial charge is 0.271 e. The topological polar surface area (TPSA) is 50.9 Å². The molecule has 1 unspecified atom stereocenters. The van der Waals surface area contributed by atoms with Crippen molar-refractivity contribution in [3.05, 3.63) is 77.6 Å². The number of rotatable bonds is 3. The van der Waals surface area contributed by atoms with Crippen molar-refractivity contribution in [3.8, 4) is 0 Å². The van der Waals surface area contributed by atoms with Crippen LogP contribution in [0.25, 0.3) is 10.8 Å². The molecule has 0 fully saturated rings. The number of benzene rings is 2. The maximum Gasteiger partial charge on any atom is 0.128 e. The van der Waals surface area contributed by atoms with E-state index in [4.69, 9.17) is 5.84 Å². The molecule has 0 aliphatic heterocycles. The summed E-state index contributed by atoms with van der Waals surface area (Å²) in [5, 5.41) is 1.80. The van der Waals surface area contributed by atoms with E-state index in [9.17, 15) is 8.78 Å². The number of nitrogens with two attached hydrogens (primary N) is 1. The van der Waals surface area contributed by atoms with E-state index >= 15 is 0 Å². The zero-order chi connectivity index (χ0) is 14.8. The van der Waals surface area contributed by atoms with E-state index in [0.29, 0.717) is 5.69 Å². The molecule has 1 aromatic heterocycles. The van der Waals surface area contributed by atoms with Gasteiger partial charge in [-0.25, -0.2) is 14.2 Å². The van der Waals surface area contributed by atoms with Gasteiger partial charge in [0, 0.05) is 17.1 Å². The average molecular weight is 285 g/mol. The van der Waals surface area contributed by atoms with Crippen molar-refractivity contribution < 1.29 is 8.78 Å². The molecule has 0 saturated carbocycles. The zero-order valence-electron chi connectivity index (χ0n) is 11.1. The summed E-state index contributed by atoms with van der Waals surface area (Å²) >= 11 is 0. The van der Waals surface area contributed by atoms with E-state index in [0.717, 1.165) is 29.0 Å². The van der Waals surface area contributed by atoms with Gasteiger partial charge in [-0.15, -0.1) is 0 Å². The lowest BCUT2D eigenvalue weighted by Gasteiger charge is -2.18. The van der Waals surface area contributed by atoms with Crippen LogP contribution in [0.2, 0.25) is 0 Å². The lowest BCUT2D eigenvalue weighted by atomic mass is 9.98. The molecule has 3 N–H and O–H groups in total. The number of fused-ring (bicyclic) bond motifs is 1. The Hall–Kier alpha value is -2.37. The molecule has 3 rings (SSSR count). The van der Waals surface area contributed by atoms with Crippen LogP contribution in [0.5, 0.6) is 0 Å². The fraction of sp³-hybridized carbons (Fsp3) is 0.0625. The maximum atomic E-state index is 14.0. The molecule has 3 nitrogen and oxygen atoms in total. The standard InChI is InChI=1S/C16H13F2N3/c17-11-5-6-14(18)13(9-11)16(21-19)15-12-4-2-1-3-10(12)7-8-20-15/h1-9,16,21H,19H2. The van der Waals surface area contributed by atoms with Gasteiger partial charge in [-0.05, 0) is 29.7 Å². The Kier molecular flexibility index (Phi) is 3.60. The Morgan fingerprint density at radius 3 is 2.67 bits per heavy atom. The van der Waals surface area contributed by atoms with Crippen LogP contribution in [0.3, 0.4) is 0 Å². The van der Waals surface area contributed by atoms with Crippen molar-refractivity contribution in [2.45, 2.75) is 6.04 Å². The SMILES string of the molecule is NNC(c1cc(F)ccc1F)c1nccc2ccccc12. The van der Waals surface area contributed by atoms with Gasteiger partial charge in [0.05, 0.1) is 11.7 Å². The predicted octanol–water partition coefficient (Wildman–Crippen LogP) is 3.07. The van der Waals surface area contributed by atoms with Crippen molar-refractivity contribution >= 4 is 10.8 Å². The van der Waals surface area contributed by atoms with Crippen LogP contribution >= 0.6 is 0 Å². The van der Waals surface area contributed by atoms with E-state index in [1.807, 2.05) is 30.3 Å². The van der Waals surface area contributed by atoms with E-state index in [2.05, 4.69) is 10.4 Å². The molecule has 5 heteroatoms. The summed E-state index contributed by atoms with van der Waals surface area (Å²) in [6.07, 6.45) is 1.62. The van der Waals surface area contributed by atoms with Crippen LogP contribution in [0.4, 0.5) is 8.78 Å². The van der Waals surface area contributed by atoms with Crippen LogP contribution in [-0.2, 0) is 0 Å². The molecule has 106 valence electrons. The van der Waals surface area contributed by atoms with Crippen LogP contribution in [-0.4, -0.2) is 4.98 Å². The molecule has 2 aromatic carbocycles. The highest BCUT2D eigenvalue weighted by atomic mass is 19.1. The summed E-state index contributed by atoms with van der Waals surface area (Å²) in [7, 11) is 0. The van der Waals surface area contributed by atoms with Gasteiger partial charge in [-0.2, -0.15) is 0 Å². The molecule has 3 aromatic rings. The van der Waals surface area contributed by atoms with Crippen molar-refractivity contribution in [3.63, 3.8) is 0 Å². The normalized spacial score (nSPS) is 12.5. The molecule has 21 heavy (non-hydrogen) atoms. The molecular weight excluding hydrogens is 272 g/mol. The van der Waals surface area contributed by atoms with Crippen molar-refractivity contribution in [1.29, 1.82) is 0 Å². The van der Waals surface area contributed by atoms with E-state index in [-0.39, 0.29) is 5.56 Å². The summed E-state index contributed by atoms with van der Waals surface area (Å²) in [6.45, 7) is 0. The second kappa shape index (κ2) is 5.55. The summed E-state index contributed by atoms with van der Waals surface area (Å²) in [4.78, 5) is 4.29. The molecule has 0 saturated heterocycles. The lowest BCUT2D eigenvalue weighted by Crippen LogP contribution is -2.30. The third-order valence-electron chi connectivity index (χ3n) is 3.41. The van der Waals surface area contributed by atoms with Crippen LogP contribution in [0.1, 0.15) is 17.3 Å². The maximum absolute atomic E-state index is 14.0. The molecule has 0 radical (unpaired) electrons. The van der Waals surface area contributed by atoms with Gasteiger partial charge in [0.1, 0.15) is 11.6 Å². The molecule has 0 amide bonds. The van der Waals surface area contributed by atoms with Gasteiger partial charge < -0.3 is 0 Å². The highest BCUT2D eigenvalue weighted by molar-refractivity contribution is 5.85. The first kappa shape index (κ1) is 13.6. The summed E-state index contributed by atoms with van der Waals surface area (Å²) in [6, 6.07) is 12.0. The van der Waals surface area contributed by atoms with E-state index < -0.39 is 17.7 Å². The minimum absolute atomic E-state index is 0.126. The Morgan fingerprint density at radius 1 is 1.05 bits per heavy atom. The number of hydrogen-bond acceptors (Lipinski definition) is 3. The Morgan fingerprint density at radius 2 is 1.86 bits per heavy atom. The predicted molar refractivity (Wildman–Crippen MR) is 77.3 cm³/mol. The van der Waals surface area contributed by atoms with Crippen molar-refractivity contribution in [2.24, 2.45) is 5.84 Å². The third kappa shape index (κ3) is 2.49. The first-order valence-electron chi connectivity index (χ1n) is 6.45. The van der Waals surface area contributed by atoms with Gasteiger partial charge in [0.15, 0.2) is 0 Å². The molecule has 1 atom stereocenters. The van der Waals surface area contributed by atoms with E-state index in [1.165, 1.54) is 0 Å². The molecule has 1 heterocycles. The first-order chi connectivity index (χ1) is 10.2. The zero-order valence-corrected chi connectivity index (χ0v) is 11.1. The second-order valence-electron chi connectivity index (χ2n) is 4.68. The molecule has 0 bridgehead atoms. The van der Waals surface area contributed by atoms with Crippen LogP contribution in [0, 0.1) is 11.6 Å². The average Bonchev–Trinajstić information content (AvgIpc) is 2.51. The molecule has 0 aliphatic rings. The van der Waals surface area contributed by atoms with Crippen LogP contribution in [0.15, 0.2) is 54.7 Å². The Bertz CT molecular complexity index is 784. The van der Waals surface area contributed by atoms with Gasteiger partial charge in [-0.1, -0.05) is 24.3 Å². The summed E-state index contributed by atoms with van der Waals surface area (Å²) in [5.41, 5.74) is 3.21. The quantitative estimate of drug-likeness (QED) is 0.574. The molecule has 0 aliphatic carbocycles. The lowest BCUT2D eigenvalue weighted by molar-refractivity contribution is 0.542. The summed E-state index contributed by atoms with van der Waals surface area (Å²) < 4.78 is 27.4. The fourth-order valence-corrected chi connectivity index (χ4v) is 2.42. The number of halogens is 2. The van der Waals surface area contributed by atoms with Gasteiger partial charge in [0.2, 0.25) is 0 Å². The van der Waals surface area contributed by atoms with Crippen molar-refractivity contribution in [2.75, 3.05) is 0 Å². The minimum atomic E-state index is -0.730. The van der Waals surface area contributed by atoms with E-state index in [1.54, 1.807) is 6.20 Å². The Labute approximate surface area is 120 Å². The van der Waals surface area contributed by atoms with Gasteiger partial charge in [-0.3, -0.25) is 10.8 Å². The fourth-order valence-electron chi connectivity index (χ4n) is 2.42. The van der Waals surface area contributed by atoms with Crippen LogP contribution < -0.4 is 11.3 Å². The van der Waals surface area contributed by atoms with Gasteiger partial charge >= 0.3 is 0 Å². The smallest absolute Gasteiger partial charge is 0.128 e. The van der Waals surface area contributed by atoms with Crippen molar-refractivity contribution in [1.82, 2.24) is 10.4 Å². The monoisotopic (exact) mass is 285 g/mol. The number of pyridine rings is 1. The third-order valence-corrected chi connectivity index (χ3v) is 3.41. The molecular formula is C16H13F2N3. The second-order valence-corrected chi connectivity index (χ2v) is 4.68. The number of aromatic nitrogens is 1. The number of hydrogen-bond donors (Lipinski definition) is 2. The molecule has 0 spiro atoms. The Balaban J connectivity index is 2.21. The number of nitrogens with one attached hydrogen (secondary N) is 1. The number of nitrogens with zero attached hydrogens (tertiary/aromatic N) is 1. The highest BCUT2D eigenvalue weighted by Gasteiger charge is 2.20. The minimum Gasteiger partial charge on any atom is -0.271 e. The highest BCUT2D eigenvalue weighted by Crippen LogP contribution is 2.28. The van der Waals surface area contributed by atoms with Gasteiger partial charge in [0.25, 0.3) is 0 Å². The summed E-state index contributed by atoms with van der Waals surface area (Å²) in [5.74, 6) is 4.51. The first-order valence-corrected chi connectivity index (χ1v) is 6.45. The number of hydrazine groups is 1.